The second-order valence-corrected chi connectivity index (χ2v) is 6.55. The van der Waals surface area contributed by atoms with Crippen LogP contribution in [-0.2, 0) is 0 Å². The van der Waals surface area contributed by atoms with E-state index in [0.717, 1.165) is 22.7 Å². The number of aromatic nitrogens is 3. The van der Waals surface area contributed by atoms with Gasteiger partial charge in [0.15, 0.2) is 5.65 Å². The van der Waals surface area contributed by atoms with Crippen molar-refractivity contribution in [3.8, 4) is 0 Å². The van der Waals surface area contributed by atoms with Crippen molar-refractivity contribution in [3.05, 3.63) is 23.7 Å². The molecule has 1 unspecified atom stereocenters. The highest BCUT2D eigenvalue weighted by molar-refractivity contribution is 6.20. The molecule has 108 valence electrons. The number of rotatable bonds is 2. The van der Waals surface area contributed by atoms with Crippen LogP contribution in [0.4, 0.5) is 0 Å². The molecule has 1 aliphatic rings. The van der Waals surface area contributed by atoms with Crippen LogP contribution in [0.25, 0.3) is 11.2 Å². The summed E-state index contributed by atoms with van der Waals surface area (Å²) in [6.45, 7) is 4.04. The van der Waals surface area contributed by atoms with Gasteiger partial charge in [0.05, 0.1) is 5.38 Å². The van der Waals surface area contributed by atoms with Gasteiger partial charge in [0, 0.05) is 11.7 Å². The monoisotopic (exact) mass is 291 g/mol. The number of fused-ring (bicyclic) bond motifs is 1. The lowest BCUT2D eigenvalue weighted by Crippen LogP contribution is -2.13. The first-order valence-corrected chi connectivity index (χ1v) is 8.10. The summed E-state index contributed by atoms with van der Waals surface area (Å²) in [5.74, 6) is 0.978. The van der Waals surface area contributed by atoms with E-state index >= 15 is 0 Å². The molecule has 2 aromatic rings. The molecule has 0 saturated heterocycles. The van der Waals surface area contributed by atoms with E-state index in [2.05, 4.69) is 10.6 Å². The van der Waals surface area contributed by atoms with Gasteiger partial charge < -0.3 is 4.57 Å². The SMILES string of the molecule is Cc1ccc2nc(C(C)Cl)n(C3CCCCCC3)c2n1. The van der Waals surface area contributed by atoms with Crippen LogP contribution in [-0.4, -0.2) is 14.5 Å². The van der Waals surface area contributed by atoms with Crippen LogP contribution in [0, 0.1) is 6.92 Å². The molecule has 0 aliphatic heterocycles. The number of aryl methyl sites for hydroxylation is 1. The Morgan fingerprint density at radius 1 is 1.15 bits per heavy atom. The molecule has 1 fully saturated rings. The Bertz CT molecular complexity index is 595. The van der Waals surface area contributed by atoms with Gasteiger partial charge in [0.1, 0.15) is 11.3 Å². The van der Waals surface area contributed by atoms with E-state index < -0.39 is 0 Å². The van der Waals surface area contributed by atoms with Crippen LogP contribution >= 0.6 is 11.6 Å². The van der Waals surface area contributed by atoms with E-state index in [1.807, 2.05) is 19.9 Å². The minimum atomic E-state index is -0.0761. The average molecular weight is 292 g/mol. The molecule has 0 N–H and O–H groups in total. The summed E-state index contributed by atoms with van der Waals surface area (Å²) >= 11 is 6.37. The van der Waals surface area contributed by atoms with Crippen molar-refractivity contribution in [2.24, 2.45) is 0 Å². The van der Waals surface area contributed by atoms with Crippen molar-refractivity contribution in [2.75, 3.05) is 0 Å². The molecular weight excluding hydrogens is 270 g/mol. The Labute approximate surface area is 125 Å². The van der Waals surface area contributed by atoms with Gasteiger partial charge in [0.2, 0.25) is 0 Å². The Balaban J connectivity index is 2.14. The number of imidazole rings is 1. The zero-order chi connectivity index (χ0) is 14.1. The lowest BCUT2D eigenvalue weighted by molar-refractivity contribution is 0.438. The molecule has 2 aromatic heterocycles. The molecule has 0 aromatic carbocycles. The Kier molecular flexibility index (Phi) is 3.97. The largest absolute Gasteiger partial charge is 0.308 e. The first-order valence-electron chi connectivity index (χ1n) is 7.66. The summed E-state index contributed by atoms with van der Waals surface area (Å²) in [6, 6.07) is 4.59. The number of pyridine rings is 1. The maximum absolute atomic E-state index is 6.37. The van der Waals surface area contributed by atoms with Crippen molar-refractivity contribution in [2.45, 2.75) is 63.8 Å². The van der Waals surface area contributed by atoms with Gasteiger partial charge in [-0.1, -0.05) is 25.7 Å². The second kappa shape index (κ2) is 5.72. The summed E-state index contributed by atoms with van der Waals surface area (Å²) in [5.41, 5.74) is 3.03. The minimum Gasteiger partial charge on any atom is -0.308 e. The third kappa shape index (κ3) is 2.56. The van der Waals surface area contributed by atoms with Crippen molar-refractivity contribution in [1.82, 2.24) is 14.5 Å². The van der Waals surface area contributed by atoms with Crippen LogP contribution in [0.2, 0.25) is 0 Å². The van der Waals surface area contributed by atoms with Crippen LogP contribution in [0.3, 0.4) is 0 Å². The topological polar surface area (TPSA) is 30.7 Å². The Morgan fingerprint density at radius 3 is 2.50 bits per heavy atom. The van der Waals surface area contributed by atoms with Gasteiger partial charge in [-0.25, -0.2) is 9.97 Å². The van der Waals surface area contributed by atoms with Crippen LogP contribution in [0.5, 0.6) is 0 Å². The van der Waals surface area contributed by atoms with E-state index in [4.69, 9.17) is 21.6 Å². The third-order valence-electron chi connectivity index (χ3n) is 4.25. The Morgan fingerprint density at radius 2 is 1.85 bits per heavy atom. The third-order valence-corrected chi connectivity index (χ3v) is 4.44. The lowest BCUT2D eigenvalue weighted by Gasteiger charge is -2.20. The molecule has 1 saturated carbocycles. The highest BCUT2D eigenvalue weighted by Gasteiger charge is 2.23. The summed E-state index contributed by atoms with van der Waals surface area (Å²) in [7, 11) is 0. The number of hydrogen-bond acceptors (Lipinski definition) is 2. The summed E-state index contributed by atoms with van der Waals surface area (Å²) in [5, 5.41) is -0.0761. The van der Waals surface area contributed by atoms with Crippen LogP contribution in [0.1, 0.15) is 68.4 Å². The molecule has 20 heavy (non-hydrogen) atoms. The first kappa shape index (κ1) is 13.9. The van der Waals surface area contributed by atoms with Gasteiger partial charge in [0.25, 0.3) is 0 Å². The molecule has 3 nitrogen and oxygen atoms in total. The van der Waals surface area contributed by atoms with E-state index in [0.29, 0.717) is 6.04 Å². The average Bonchev–Trinajstić information content (AvgIpc) is 2.60. The van der Waals surface area contributed by atoms with Crippen molar-refractivity contribution < 1.29 is 0 Å². The predicted octanol–water partition coefficient (Wildman–Crippen LogP) is 4.93. The fourth-order valence-corrected chi connectivity index (χ4v) is 3.40. The van der Waals surface area contributed by atoms with E-state index in [1.165, 1.54) is 38.5 Å². The molecule has 1 atom stereocenters. The second-order valence-electron chi connectivity index (χ2n) is 5.90. The highest BCUT2D eigenvalue weighted by Crippen LogP contribution is 2.34. The standard InChI is InChI=1S/C16H22ClN3/c1-11-9-10-14-16(18-11)20(15(19-14)12(2)17)13-7-5-3-4-6-8-13/h9-10,12-13H,3-8H2,1-2H3. The molecule has 2 heterocycles. The van der Waals surface area contributed by atoms with Crippen LogP contribution < -0.4 is 0 Å². The van der Waals surface area contributed by atoms with Crippen molar-refractivity contribution in [3.63, 3.8) is 0 Å². The van der Waals surface area contributed by atoms with Gasteiger partial charge in [-0.3, -0.25) is 0 Å². The summed E-state index contributed by atoms with van der Waals surface area (Å²) in [6.07, 6.45) is 7.73. The molecular formula is C16H22ClN3. The van der Waals surface area contributed by atoms with Crippen molar-refractivity contribution >= 4 is 22.8 Å². The molecule has 0 spiro atoms. The Hall–Kier alpha value is -1.09. The molecule has 3 rings (SSSR count). The molecule has 0 radical (unpaired) electrons. The van der Waals surface area contributed by atoms with Crippen molar-refractivity contribution in [1.29, 1.82) is 0 Å². The first-order chi connectivity index (χ1) is 9.66. The van der Waals surface area contributed by atoms with Gasteiger partial charge in [-0.15, -0.1) is 11.6 Å². The van der Waals surface area contributed by atoms with Gasteiger partial charge in [-0.2, -0.15) is 0 Å². The van der Waals surface area contributed by atoms with E-state index in [9.17, 15) is 0 Å². The van der Waals surface area contributed by atoms with Gasteiger partial charge in [-0.05, 0) is 38.8 Å². The van der Waals surface area contributed by atoms with E-state index in [-0.39, 0.29) is 5.38 Å². The molecule has 0 bridgehead atoms. The molecule has 1 aliphatic carbocycles. The quantitative estimate of drug-likeness (QED) is 0.580. The molecule has 0 amide bonds. The van der Waals surface area contributed by atoms with Crippen LogP contribution in [0.15, 0.2) is 12.1 Å². The van der Waals surface area contributed by atoms with Gasteiger partial charge >= 0.3 is 0 Å². The lowest BCUT2D eigenvalue weighted by atomic mass is 10.1. The number of halogens is 1. The smallest absolute Gasteiger partial charge is 0.160 e. The number of alkyl halides is 1. The van der Waals surface area contributed by atoms with E-state index in [1.54, 1.807) is 0 Å². The maximum atomic E-state index is 6.37. The number of hydrogen-bond donors (Lipinski definition) is 0. The fraction of sp³-hybridized carbons (Fsp3) is 0.625. The summed E-state index contributed by atoms with van der Waals surface area (Å²) in [4.78, 5) is 9.45. The molecule has 4 heteroatoms. The minimum absolute atomic E-state index is 0.0761. The highest BCUT2D eigenvalue weighted by atomic mass is 35.5. The zero-order valence-electron chi connectivity index (χ0n) is 12.3. The summed E-state index contributed by atoms with van der Waals surface area (Å²) < 4.78 is 2.32. The number of nitrogens with zero attached hydrogens (tertiary/aromatic N) is 3. The normalized spacial score (nSPS) is 19.1. The zero-order valence-corrected chi connectivity index (χ0v) is 13.0. The fourth-order valence-electron chi connectivity index (χ4n) is 3.24. The predicted molar refractivity (Wildman–Crippen MR) is 83.3 cm³/mol. The maximum Gasteiger partial charge on any atom is 0.160 e.